The molecule has 0 fully saturated rings. The number of rotatable bonds is 3. The Morgan fingerprint density at radius 1 is 1.50 bits per heavy atom. The van der Waals surface area contributed by atoms with Gasteiger partial charge in [-0.05, 0) is 19.1 Å². The van der Waals surface area contributed by atoms with Crippen LogP contribution in [0.3, 0.4) is 0 Å². The molecule has 0 radical (unpaired) electrons. The molecular weight excluding hydrogens is 241 g/mol. The van der Waals surface area contributed by atoms with Gasteiger partial charge in [-0.3, -0.25) is 0 Å². The minimum Gasteiger partial charge on any atom is -0.497 e. The lowest BCUT2D eigenvalue weighted by atomic mass is 10.2. The van der Waals surface area contributed by atoms with Crippen molar-refractivity contribution in [3.05, 3.63) is 35.5 Å². The zero-order chi connectivity index (χ0) is 13.3. The highest BCUT2D eigenvalue weighted by Crippen LogP contribution is 2.27. The van der Waals surface area contributed by atoms with Crippen LogP contribution in [-0.2, 0) is 0 Å². The Morgan fingerprint density at radius 3 is 2.72 bits per heavy atom. The van der Waals surface area contributed by atoms with Crippen molar-refractivity contribution in [1.82, 2.24) is 4.98 Å². The number of carboxylic acid groups (broad SMARTS) is 1. The molecule has 94 valence electrons. The van der Waals surface area contributed by atoms with Gasteiger partial charge in [0.15, 0.2) is 5.69 Å². The summed E-state index contributed by atoms with van der Waals surface area (Å²) in [5.41, 5.74) is -0.133. The number of hydrogen-bond donors (Lipinski definition) is 1. The van der Waals surface area contributed by atoms with Gasteiger partial charge >= 0.3 is 5.97 Å². The fourth-order valence-corrected chi connectivity index (χ4v) is 1.51. The van der Waals surface area contributed by atoms with Crippen LogP contribution < -0.4 is 4.74 Å². The second-order valence-electron chi connectivity index (χ2n) is 3.57. The number of carbonyl (C=O) groups is 1. The van der Waals surface area contributed by atoms with Crippen LogP contribution in [0.4, 0.5) is 4.39 Å². The number of benzene rings is 1. The molecule has 6 heteroatoms. The van der Waals surface area contributed by atoms with E-state index in [2.05, 4.69) is 4.98 Å². The zero-order valence-corrected chi connectivity index (χ0v) is 9.73. The smallest absolute Gasteiger partial charge is 0.358 e. The minimum absolute atomic E-state index is 0.0648. The summed E-state index contributed by atoms with van der Waals surface area (Å²) in [6.07, 6.45) is 0. The standard InChI is InChI=1S/C12H10FNO4/c1-6-10(12(15)16)14-11(18-6)8-4-3-7(17-2)5-9(8)13/h3-5H,1-2H3,(H,15,16). The average molecular weight is 251 g/mol. The summed E-state index contributed by atoms with van der Waals surface area (Å²) in [5.74, 6) is -1.38. The molecule has 1 N–H and O–H groups in total. The monoisotopic (exact) mass is 251 g/mol. The molecule has 0 aliphatic heterocycles. The van der Waals surface area contributed by atoms with Gasteiger partial charge in [0.2, 0.25) is 5.89 Å². The maximum Gasteiger partial charge on any atom is 0.358 e. The maximum absolute atomic E-state index is 13.7. The Hall–Kier alpha value is -2.37. The van der Waals surface area contributed by atoms with E-state index in [-0.39, 0.29) is 22.9 Å². The van der Waals surface area contributed by atoms with E-state index in [1.165, 1.54) is 26.2 Å². The van der Waals surface area contributed by atoms with Crippen molar-refractivity contribution in [1.29, 1.82) is 0 Å². The van der Waals surface area contributed by atoms with Crippen molar-refractivity contribution in [2.75, 3.05) is 7.11 Å². The summed E-state index contributed by atoms with van der Waals surface area (Å²) in [5, 5.41) is 8.84. The van der Waals surface area contributed by atoms with Gasteiger partial charge in [-0.15, -0.1) is 0 Å². The van der Waals surface area contributed by atoms with Crippen LogP contribution in [-0.4, -0.2) is 23.2 Å². The van der Waals surface area contributed by atoms with Gasteiger partial charge in [-0.1, -0.05) is 0 Å². The first-order chi connectivity index (χ1) is 8.52. The van der Waals surface area contributed by atoms with E-state index in [1.807, 2.05) is 0 Å². The number of oxazole rings is 1. The molecule has 2 aromatic rings. The van der Waals surface area contributed by atoms with E-state index in [9.17, 15) is 9.18 Å². The summed E-state index contributed by atoms with van der Waals surface area (Å²) in [6, 6.07) is 4.14. The molecule has 18 heavy (non-hydrogen) atoms. The molecule has 0 saturated heterocycles. The number of aryl methyl sites for hydroxylation is 1. The summed E-state index contributed by atoms with van der Waals surface area (Å²) < 4.78 is 23.7. The average Bonchev–Trinajstić information content (AvgIpc) is 2.71. The van der Waals surface area contributed by atoms with Gasteiger partial charge < -0.3 is 14.3 Å². The topological polar surface area (TPSA) is 72.6 Å². The number of aromatic nitrogens is 1. The molecule has 1 aromatic heterocycles. The third kappa shape index (κ3) is 2.04. The number of methoxy groups -OCH3 is 1. The number of carboxylic acids is 1. The van der Waals surface area contributed by atoms with E-state index >= 15 is 0 Å². The van der Waals surface area contributed by atoms with Crippen LogP contribution in [0, 0.1) is 12.7 Å². The molecule has 1 aromatic carbocycles. The summed E-state index contributed by atoms with van der Waals surface area (Å²) >= 11 is 0. The van der Waals surface area contributed by atoms with E-state index in [0.717, 1.165) is 0 Å². The minimum atomic E-state index is -1.21. The number of halogens is 1. The normalized spacial score (nSPS) is 10.4. The summed E-state index contributed by atoms with van der Waals surface area (Å²) in [6.45, 7) is 1.46. The fourth-order valence-electron chi connectivity index (χ4n) is 1.51. The van der Waals surface area contributed by atoms with Crippen molar-refractivity contribution in [3.8, 4) is 17.2 Å². The molecule has 0 saturated carbocycles. The van der Waals surface area contributed by atoms with Crippen molar-refractivity contribution < 1.29 is 23.4 Å². The predicted molar refractivity (Wildman–Crippen MR) is 60.1 cm³/mol. The van der Waals surface area contributed by atoms with Gasteiger partial charge in [0.05, 0.1) is 12.7 Å². The summed E-state index contributed by atoms with van der Waals surface area (Å²) in [7, 11) is 1.42. The van der Waals surface area contributed by atoms with Crippen LogP contribution in [0.2, 0.25) is 0 Å². The molecule has 0 spiro atoms. The molecule has 0 atom stereocenters. The Kier molecular flexibility index (Phi) is 3.01. The lowest BCUT2D eigenvalue weighted by Crippen LogP contribution is -1.98. The zero-order valence-electron chi connectivity index (χ0n) is 9.73. The van der Waals surface area contributed by atoms with Crippen molar-refractivity contribution in [2.24, 2.45) is 0 Å². The Labute approximate surface area is 102 Å². The highest BCUT2D eigenvalue weighted by molar-refractivity contribution is 5.87. The van der Waals surface area contributed by atoms with E-state index < -0.39 is 11.8 Å². The number of nitrogens with zero attached hydrogens (tertiary/aromatic N) is 1. The van der Waals surface area contributed by atoms with Gasteiger partial charge in [-0.2, -0.15) is 0 Å². The largest absolute Gasteiger partial charge is 0.497 e. The molecule has 5 nitrogen and oxygen atoms in total. The first-order valence-electron chi connectivity index (χ1n) is 5.07. The van der Waals surface area contributed by atoms with E-state index in [1.54, 1.807) is 6.07 Å². The van der Waals surface area contributed by atoms with Crippen molar-refractivity contribution in [2.45, 2.75) is 6.92 Å². The molecule has 0 aliphatic carbocycles. The Morgan fingerprint density at radius 2 is 2.22 bits per heavy atom. The lowest BCUT2D eigenvalue weighted by Gasteiger charge is -2.01. The summed E-state index contributed by atoms with van der Waals surface area (Å²) in [4.78, 5) is 14.6. The maximum atomic E-state index is 13.7. The highest BCUT2D eigenvalue weighted by atomic mass is 19.1. The predicted octanol–water partition coefficient (Wildman–Crippen LogP) is 2.50. The van der Waals surface area contributed by atoms with Crippen molar-refractivity contribution in [3.63, 3.8) is 0 Å². The second kappa shape index (κ2) is 4.48. The number of aromatic carboxylic acids is 1. The third-order valence-corrected chi connectivity index (χ3v) is 2.41. The van der Waals surface area contributed by atoms with Crippen LogP contribution in [0.5, 0.6) is 5.75 Å². The van der Waals surface area contributed by atoms with Gasteiger partial charge in [0.1, 0.15) is 17.3 Å². The molecule has 0 bridgehead atoms. The lowest BCUT2D eigenvalue weighted by molar-refractivity contribution is 0.0689. The van der Waals surface area contributed by atoms with Crippen LogP contribution >= 0.6 is 0 Å². The highest BCUT2D eigenvalue weighted by Gasteiger charge is 2.19. The molecular formula is C12H10FNO4. The molecule has 0 unspecified atom stereocenters. The Bertz CT molecular complexity index is 606. The second-order valence-corrected chi connectivity index (χ2v) is 3.57. The molecule has 0 aliphatic rings. The quantitative estimate of drug-likeness (QED) is 0.907. The van der Waals surface area contributed by atoms with Gasteiger partial charge in [0, 0.05) is 6.07 Å². The first kappa shape index (κ1) is 12.1. The van der Waals surface area contributed by atoms with Gasteiger partial charge in [0.25, 0.3) is 0 Å². The molecule has 2 rings (SSSR count). The van der Waals surface area contributed by atoms with E-state index in [0.29, 0.717) is 5.75 Å². The number of ether oxygens (including phenoxy) is 1. The van der Waals surface area contributed by atoms with Crippen LogP contribution in [0.25, 0.3) is 11.5 Å². The SMILES string of the molecule is COc1ccc(-c2nc(C(=O)O)c(C)o2)c(F)c1. The molecule has 1 heterocycles. The van der Waals surface area contributed by atoms with E-state index in [4.69, 9.17) is 14.3 Å². The van der Waals surface area contributed by atoms with Crippen molar-refractivity contribution >= 4 is 5.97 Å². The number of hydrogen-bond acceptors (Lipinski definition) is 4. The van der Waals surface area contributed by atoms with Crippen LogP contribution in [0.1, 0.15) is 16.2 Å². The van der Waals surface area contributed by atoms with Crippen LogP contribution in [0.15, 0.2) is 22.6 Å². The Balaban J connectivity index is 2.49. The first-order valence-corrected chi connectivity index (χ1v) is 5.07. The van der Waals surface area contributed by atoms with Gasteiger partial charge in [-0.25, -0.2) is 14.2 Å². The fraction of sp³-hybridized carbons (Fsp3) is 0.167. The third-order valence-electron chi connectivity index (χ3n) is 2.41. The molecule has 0 amide bonds.